The monoisotopic (exact) mass is 355 g/mol. The number of ether oxygens (including phenoxy) is 1. The summed E-state index contributed by atoms with van der Waals surface area (Å²) in [7, 11) is 3.61. The maximum Gasteiger partial charge on any atom is 0.118 e. The number of benzene rings is 3. The molecule has 0 bridgehead atoms. The van der Waals surface area contributed by atoms with E-state index in [-0.39, 0.29) is 0 Å². The molecular weight excluding hydrogens is 334 g/mol. The molecule has 0 radical (unpaired) electrons. The standard InChI is InChI=1S/C23H21N3O/c1-24-22-11-7-6-10-20(22)21-16-26(18-8-4-3-5-9-18)25-23(21)17-12-14-19(27-2)15-13-17/h3-16,24H,1-2H3. The van der Waals surface area contributed by atoms with Gasteiger partial charge in [0.05, 0.1) is 12.8 Å². The van der Waals surface area contributed by atoms with E-state index in [0.717, 1.165) is 39.5 Å². The molecule has 0 aliphatic rings. The summed E-state index contributed by atoms with van der Waals surface area (Å²) in [5.74, 6) is 0.832. The Hall–Kier alpha value is -3.53. The summed E-state index contributed by atoms with van der Waals surface area (Å²) in [6, 6.07) is 26.4. The van der Waals surface area contributed by atoms with E-state index in [0.29, 0.717) is 0 Å². The molecule has 0 unspecified atom stereocenters. The summed E-state index contributed by atoms with van der Waals surface area (Å²) >= 11 is 0. The number of hydrogen-bond donors (Lipinski definition) is 1. The Bertz CT molecular complexity index is 1040. The van der Waals surface area contributed by atoms with E-state index in [9.17, 15) is 0 Å². The number of anilines is 1. The van der Waals surface area contributed by atoms with Gasteiger partial charge in [-0.3, -0.25) is 0 Å². The fraction of sp³-hybridized carbons (Fsp3) is 0.0870. The molecule has 0 fully saturated rings. The lowest BCUT2D eigenvalue weighted by Crippen LogP contribution is -1.94. The van der Waals surface area contributed by atoms with Crippen LogP contribution in [0.1, 0.15) is 0 Å². The molecule has 134 valence electrons. The number of nitrogens with zero attached hydrogens (tertiary/aromatic N) is 2. The second kappa shape index (κ2) is 7.38. The van der Waals surface area contributed by atoms with Gasteiger partial charge in [0.15, 0.2) is 0 Å². The van der Waals surface area contributed by atoms with Gasteiger partial charge in [-0.2, -0.15) is 5.10 Å². The number of para-hydroxylation sites is 2. The molecule has 0 aliphatic carbocycles. The predicted molar refractivity (Wildman–Crippen MR) is 111 cm³/mol. The van der Waals surface area contributed by atoms with Crippen molar-refractivity contribution in [3.8, 4) is 33.8 Å². The number of nitrogens with one attached hydrogen (secondary N) is 1. The molecule has 0 amide bonds. The van der Waals surface area contributed by atoms with Gasteiger partial charge in [-0.15, -0.1) is 0 Å². The molecule has 1 N–H and O–H groups in total. The first kappa shape index (κ1) is 16.9. The van der Waals surface area contributed by atoms with Gasteiger partial charge < -0.3 is 10.1 Å². The van der Waals surface area contributed by atoms with E-state index in [1.807, 2.05) is 66.3 Å². The molecule has 0 atom stereocenters. The molecule has 1 heterocycles. The minimum Gasteiger partial charge on any atom is -0.497 e. The minimum atomic E-state index is 0.832. The van der Waals surface area contributed by atoms with E-state index < -0.39 is 0 Å². The van der Waals surface area contributed by atoms with Crippen LogP contribution in [0.15, 0.2) is 85.1 Å². The zero-order valence-electron chi connectivity index (χ0n) is 15.4. The summed E-state index contributed by atoms with van der Waals surface area (Å²) in [4.78, 5) is 0. The van der Waals surface area contributed by atoms with Crippen LogP contribution < -0.4 is 10.1 Å². The zero-order valence-corrected chi connectivity index (χ0v) is 15.4. The number of aromatic nitrogens is 2. The van der Waals surface area contributed by atoms with E-state index >= 15 is 0 Å². The van der Waals surface area contributed by atoms with Gasteiger partial charge in [-0.25, -0.2) is 4.68 Å². The van der Waals surface area contributed by atoms with Crippen molar-refractivity contribution in [1.82, 2.24) is 9.78 Å². The lowest BCUT2D eigenvalue weighted by atomic mass is 10.0. The minimum absolute atomic E-state index is 0.832. The van der Waals surface area contributed by atoms with Crippen LogP contribution in [0.3, 0.4) is 0 Å². The average Bonchev–Trinajstić information content (AvgIpc) is 3.19. The third-order valence-corrected chi connectivity index (χ3v) is 4.59. The molecule has 4 aromatic rings. The SMILES string of the molecule is CNc1ccccc1-c1cn(-c2ccccc2)nc1-c1ccc(OC)cc1. The molecule has 4 nitrogen and oxygen atoms in total. The Morgan fingerprint density at radius 2 is 1.52 bits per heavy atom. The van der Waals surface area contributed by atoms with Crippen molar-refractivity contribution in [2.75, 3.05) is 19.5 Å². The molecule has 0 saturated heterocycles. The predicted octanol–water partition coefficient (Wildman–Crippen LogP) is 5.26. The number of methoxy groups -OCH3 is 1. The number of hydrogen-bond acceptors (Lipinski definition) is 3. The molecule has 1 aromatic heterocycles. The number of rotatable bonds is 5. The van der Waals surface area contributed by atoms with Crippen LogP contribution >= 0.6 is 0 Å². The Labute approximate surface area is 159 Å². The first-order valence-corrected chi connectivity index (χ1v) is 8.87. The second-order valence-corrected chi connectivity index (χ2v) is 6.20. The lowest BCUT2D eigenvalue weighted by Gasteiger charge is -2.09. The fourth-order valence-electron chi connectivity index (χ4n) is 3.18. The third-order valence-electron chi connectivity index (χ3n) is 4.59. The summed E-state index contributed by atoms with van der Waals surface area (Å²) < 4.78 is 7.23. The summed E-state index contributed by atoms with van der Waals surface area (Å²) in [6.45, 7) is 0. The summed E-state index contributed by atoms with van der Waals surface area (Å²) in [6.07, 6.45) is 2.09. The molecule has 4 heteroatoms. The Morgan fingerprint density at radius 1 is 0.815 bits per heavy atom. The first-order chi connectivity index (χ1) is 13.3. The second-order valence-electron chi connectivity index (χ2n) is 6.20. The topological polar surface area (TPSA) is 39.1 Å². The van der Waals surface area contributed by atoms with Crippen LogP contribution in [0.2, 0.25) is 0 Å². The van der Waals surface area contributed by atoms with Crippen LogP contribution in [0.5, 0.6) is 5.75 Å². The highest BCUT2D eigenvalue weighted by Crippen LogP contribution is 2.36. The largest absolute Gasteiger partial charge is 0.497 e. The Balaban J connectivity index is 1.91. The average molecular weight is 355 g/mol. The van der Waals surface area contributed by atoms with Crippen LogP contribution in [-0.2, 0) is 0 Å². The Kier molecular flexibility index (Phi) is 4.62. The molecule has 3 aromatic carbocycles. The van der Waals surface area contributed by atoms with Gasteiger partial charge in [-0.05, 0) is 42.5 Å². The molecule has 4 rings (SSSR count). The summed E-state index contributed by atoms with van der Waals surface area (Å²) in [5, 5.41) is 8.19. The molecule has 27 heavy (non-hydrogen) atoms. The van der Waals surface area contributed by atoms with Crippen molar-refractivity contribution in [2.45, 2.75) is 0 Å². The van der Waals surface area contributed by atoms with E-state index in [1.54, 1.807) is 7.11 Å². The maximum atomic E-state index is 5.30. The van der Waals surface area contributed by atoms with E-state index in [1.165, 1.54) is 0 Å². The molecular formula is C23H21N3O. The Morgan fingerprint density at radius 3 is 2.22 bits per heavy atom. The highest BCUT2D eigenvalue weighted by molar-refractivity contribution is 5.87. The van der Waals surface area contributed by atoms with Crippen LogP contribution in [-0.4, -0.2) is 23.9 Å². The van der Waals surface area contributed by atoms with Gasteiger partial charge in [0.1, 0.15) is 11.4 Å². The van der Waals surface area contributed by atoms with Crippen molar-refractivity contribution in [3.05, 3.63) is 85.1 Å². The van der Waals surface area contributed by atoms with Crippen LogP contribution in [0.4, 0.5) is 5.69 Å². The van der Waals surface area contributed by atoms with Crippen molar-refractivity contribution < 1.29 is 4.74 Å². The highest BCUT2D eigenvalue weighted by Gasteiger charge is 2.16. The third kappa shape index (κ3) is 3.29. The van der Waals surface area contributed by atoms with Crippen molar-refractivity contribution in [2.24, 2.45) is 0 Å². The van der Waals surface area contributed by atoms with Crippen LogP contribution in [0.25, 0.3) is 28.1 Å². The van der Waals surface area contributed by atoms with Gasteiger partial charge in [0.25, 0.3) is 0 Å². The highest BCUT2D eigenvalue weighted by atomic mass is 16.5. The molecule has 0 saturated carbocycles. The van der Waals surface area contributed by atoms with Gasteiger partial charge >= 0.3 is 0 Å². The maximum absolute atomic E-state index is 5.30. The van der Waals surface area contributed by atoms with E-state index in [2.05, 4.69) is 35.8 Å². The lowest BCUT2D eigenvalue weighted by molar-refractivity contribution is 0.415. The first-order valence-electron chi connectivity index (χ1n) is 8.87. The van der Waals surface area contributed by atoms with Crippen molar-refractivity contribution in [3.63, 3.8) is 0 Å². The van der Waals surface area contributed by atoms with Gasteiger partial charge in [-0.1, -0.05) is 36.4 Å². The van der Waals surface area contributed by atoms with Gasteiger partial charge in [0.2, 0.25) is 0 Å². The normalized spacial score (nSPS) is 10.6. The van der Waals surface area contributed by atoms with Crippen molar-refractivity contribution in [1.29, 1.82) is 0 Å². The molecule has 0 spiro atoms. The van der Waals surface area contributed by atoms with Crippen LogP contribution in [0, 0.1) is 0 Å². The zero-order chi connectivity index (χ0) is 18.6. The van der Waals surface area contributed by atoms with Crippen molar-refractivity contribution >= 4 is 5.69 Å². The fourth-order valence-corrected chi connectivity index (χ4v) is 3.18. The quantitative estimate of drug-likeness (QED) is 0.531. The van der Waals surface area contributed by atoms with E-state index in [4.69, 9.17) is 9.84 Å². The molecule has 0 aliphatic heterocycles. The summed E-state index contributed by atoms with van der Waals surface area (Å²) in [5.41, 5.74) is 6.28. The van der Waals surface area contributed by atoms with Gasteiger partial charge in [0, 0.05) is 35.6 Å². The smallest absolute Gasteiger partial charge is 0.118 e.